The third kappa shape index (κ3) is 2.48. The average Bonchev–Trinajstić information content (AvgIpc) is 3.34. The summed E-state index contributed by atoms with van der Waals surface area (Å²) in [6.45, 7) is 0. The molecule has 0 spiro atoms. The molecule has 130 valence electrons. The maximum atomic E-state index is 13.5. The molecular formula is C20H14N6O. The Morgan fingerprint density at radius 2 is 1.15 bits per heavy atom. The Labute approximate surface area is 153 Å². The molecular weight excluding hydrogens is 340 g/mol. The van der Waals surface area contributed by atoms with Crippen molar-refractivity contribution in [2.24, 2.45) is 0 Å². The van der Waals surface area contributed by atoms with Gasteiger partial charge in [0, 0.05) is 5.56 Å². The third-order valence-electron chi connectivity index (χ3n) is 4.51. The van der Waals surface area contributed by atoms with Crippen LogP contribution in [-0.2, 0) is 0 Å². The molecule has 0 bridgehead atoms. The zero-order chi connectivity index (χ0) is 18.2. The minimum absolute atomic E-state index is 0.137. The molecule has 5 rings (SSSR count). The van der Waals surface area contributed by atoms with Gasteiger partial charge >= 0.3 is 0 Å². The largest absolute Gasteiger partial charge is 0.290 e. The summed E-state index contributed by atoms with van der Waals surface area (Å²) in [5, 5.41) is 16.9. The number of benzene rings is 3. The number of aromatic nitrogens is 6. The Bertz CT molecular complexity index is 1180. The van der Waals surface area contributed by atoms with E-state index in [1.54, 1.807) is 21.5 Å². The molecule has 0 fully saturated rings. The van der Waals surface area contributed by atoms with Gasteiger partial charge in [0.1, 0.15) is 11.0 Å². The Kier molecular flexibility index (Phi) is 3.50. The number of hydrogen-bond donors (Lipinski definition) is 0. The maximum absolute atomic E-state index is 13.5. The molecule has 0 N–H and O–H groups in total. The molecule has 0 atom stereocenters. The summed E-state index contributed by atoms with van der Waals surface area (Å²) >= 11 is 0. The van der Waals surface area contributed by atoms with Crippen LogP contribution in [0.2, 0.25) is 0 Å². The first-order chi connectivity index (χ1) is 13.3. The molecule has 0 saturated heterocycles. The molecule has 27 heavy (non-hydrogen) atoms. The van der Waals surface area contributed by atoms with Crippen molar-refractivity contribution in [2.75, 3.05) is 0 Å². The standard InChI is InChI=1S/C20H14N6O/c27-19(14-8-2-1-3-9-14)20(25-17-12-6-4-10-15(17)21-23-25)26-18-13-7-5-11-16(18)22-24-26/h1-13,20H. The molecule has 2 aromatic heterocycles. The number of nitrogens with zero attached hydrogens (tertiary/aromatic N) is 6. The quantitative estimate of drug-likeness (QED) is 0.463. The number of Topliss-reactive ketones (excluding diaryl/α,β-unsaturated/α-hetero) is 1. The Hall–Kier alpha value is -3.87. The molecule has 0 saturated carbocycles. The second-order valence-corrected chi connectivity index (χ2v) is 6.15. The van der Waals surface area contributed by atoms with Crippen LogP contribution in [0.15, 0.2) is 78.9 Å². The monoisotopic (exact) mass is 354 g/mol. The van der Waals surface area contributed by atoms with Crippen LogP contribution in [0.5, 0.6) is 0 Å². The molecule has 2 heterocycles. The predicted molar refractivity (Wildman–Crippen MR) is 100 cm³/mol. The molecule has 5 aromatic rings. The zero-order valence-electron chi connectivity index (χ0n) is 14.2. The fourth-order valence-corrected chi connectivity index (χ4v) is 3.21. The Morgan fingerprint density at radius 1 is 0.667 bits per heavy atom. The minimum atomic E-state index is -0.827. The summed E-state index contributed by atoms with van der Waals surface area (Å²) in [6, 6.07) is 24.2. The summed E-state index contributed by atoms with van der Waals surface area (Å²) in [5.74, 6) is -0.137. The summed E-state index contributed by atoms with van der Waals surface area (Å²) in [5.41, 5.74) is 3.51. The lowest BCUT2D eigenvalue weighted by molar-refractivity contribution is 0.0890. The van der Waals surface area contributed by atoms with Crippen LogP contribution in [0.4, 0.5) is 0 Å². The van der Waals surface area contributed by atoms with E-state index in [1.807, 2.05) is 66.7 Å². The number of fused-ring (bicyclic) bond motifs is 2. The van der Waals surface area contributed by atoms with Crippen LogP contribution in [0.1, 0.15) is 16.5 Å². The van der Waals surface area contributed by atoms with Crippen LogP contribution in [0.25, 0.3) is 22.1 Å². The minimum Gasteiger partial charge on any atom is -0.290 e. The van der Waals surface area contributed by atoms with E-state index in [-0.39, 0.29) is 5.78 Å². The van der Waals surface area contributed by atoms with Crippen molar-refractivity contribution in [3.8, 4) is 0 Å². The number of carbonyl (C=O) groups excluding carboxylic acids is 1. The van der Waals surface area contributed by atoms with Gasteiger partial charge in [0.15, 0.2) is 0 Å². The molecule has 7 nitrogen and oxygen atoms in total. The van der Waals surface area contributed by atoms with E-state index in [1.165, 1.54) is 0 Å². The molecule has 0 radical (unpaired) electrons. The van der Waals surface area contributed by atoms with Gasteiger partial charge in [0.2, 0.25) is 11.9 Å². The first kappa shape index (κ1) is 15.4. The number of hydrogen-bond acceptors (Lipinski definition) is 5. The van der Waals surface area contributed by atoms with Gasteiger partial charge < -0.3 is 0 Å². The van der Waals surface area contributed by atoms with Crippen molar-refractivity contribution in [3.63, 3.8) is 0 Å². The van der Waals surface area contributed by atoms with Crippen LogP contribution in [0, 0.1) is 0 Å². The Balaban J connectivity index is 1.76. The lowest BCUT2D eigenvalue weighted by atomic mass is 10.1. The molecule has 0 aliphatic rings. The third-order valence-corrected chi connectivity index (χ3v) is 4.51. The van der Waals surface area contributed by atoms with E-state index in [9.17, 15) is 4.79 Å². The average molecular weight is 354 g/mol. The second-order valence-electron chi connectivity index (χ2n) is 6.15. The Morgan fingerprint density at radius 3 is 1.70 bits per heavy atom. The number of para-hydroxylation sites is 2. The highest BCUT2D eigenvalue weighted by atomic mass is 16.1. The van der Waals surface area contributed by atoms with Gasteiger partial charge in [-0.25, -0.2) is 9.36 Å². The van der Waals surface area contributed by atoms with Crippen LogP contribution < -0.4 is 0 Å². The van der Waals surface area contributed by atoms with Crippen molar-refractivity contribution in [1.82, 2.24) is 30.0 Å². The van der Waals surface area contributed by atoms with Crippen molar-refractivity contribution in [2.45, 2.75) is 6.17 Å². The van der Waals surface area contributed by atoms with E-state index >= 15 is 0 Å². The fourth-order valence-electron chi connectivity index (χ4n) is 3.21. The van der Waals surface area contributed by atoms with Crippen molar-refractivity contribution < 1.29 is 4.79 Å². The fraction of sp³-hybridized carbons (Fsp3) is 0.0500. The van der Waals surface area contributed by atoms with Crippen molar-refractivity contribution in [1.29, 1.82) is 0 Å². The van der Waals surface area contributed by atoms with Crippen LogP contribution >= 0.6 is 0 Å². The van der Waals surface area contributed by atoms with Gasteiger partial charge in [-0.3, -0.25) is 4.79 Å². The van der Waals surface area contributed by atoms with Crippen LogP contribution in [-0.4, -0.2) is 35.8 Å². The van der Waals surface area contributed by atoms with Gasteiger partial charge in [-0.05, 0) is 24.3 Å². The predicted octanol–water partition coefficient (Wildman–Crippen LogP) is 3.11. The van der Waals surface area contributed by atoms with Crippen LogP contribution in [0.3, 0.4) is 0 Å². The maximum Gasteiger partial charge on any atom is 0.210 e. The first-order valence-corrected chi connectivity index (χ1v) is 8.52. The highest BCUT2D eigenvalue weighted by molar-refractivity contribution is 6.00. The molecule has 0 unspecified atom stereocenters. The van der Waals surface area contributed by atoms with Crippen molar-refractivity contribution >= 4 is 27.9 Å². The number of carbonyl (C=O) groups is 1. The lowest BCUT2D eigenvalue weighted by Gasteiger charge is -2.17. The number of ketones is 1. The SMILES string of the molecule is O=C(c1ccccc1)C(n1nnc2ccccc21)n1nnc2ccccc21. The van der Waals surface area contributed by atoms with Gasteiger partial charge in [0.05, 0.1) is 11.0 Å². The summed E-state index contributed by atoms with van der Waals surface area (Å²) in [6.07, 6.45) is -0.827. The molecule has 0 aliphatic heterocycles. The first-order valence-electron chi connectivity index (χ1n) is 8.52. The van der Waals surface area contributed by atoms with Gasteiger partial charge in [-0.15, -0.1) is 10.2 Å². The topological polar surface area (TPSA) is 78.5 Å². The van der Waals surface area contributed by atoms with E-state index in [0.717, 1.165) is 11.0 Å². The van der Waals surface area contributed by atoms with E-state index in [4.69, 9.17) is 0 Å². The van der Waals surface area contributed by atoms with Gasteiger partial charge in [-0.2, -0.15) is 0 Å². The second kappa shape index (κ2) is 6.14. The van der Waals surface area contributed by atoms with E-state index in [2.05, 4.69) is 20.6 Å². The lowest BCUT2D eigenvalue weighted by Crippen LogP contribution is -2.29. The normalized spacial score (nSPS) is 11.4. The summed E-state index contributed by atoms with van der Waals surface area (Å²) in [7, 11) is 0. The van der Waals surface area contributed by atoms with Gasteiger partial charge in [0.25, 0.3) is 0 Å². The van der Waals surface area contributed by atoms with E-state index < -0.39 is 6.17 Å². The van der Waals surface area contributed by atoms with Crippen molar-refractivity contribution in [3.05, 3.63) is 84.4 Å². The summed E-state index contributed by atoms with van der Waals surface area (Å²) in [4.78, 5) is 13.5. The number of rotatable bonds is 4. The molecule has 7 heteroatoms. The smallest absolute Gasteiger partial charge is 0.210 e. The highest BCUT2D eigenvalue weighted by Gasteiger charge is 2.29. The molecule has 0 amide bonds. The molecule has 3 aromatic carbocycles. The van der Waals surface area contributed by atoms with E-state index in [0.29, 0.717) is 16.6 Å². The van der Waals surface area contributed by atoms with Gasteiger partial charge in [-0.1, -0.05) is 65.0 Å². The zero-order valence-corrected chi connectivity index (χ0v) is 14.2. The highest BCUT2D eigenvalue weighted by Crippen LogP contribution is 2.24. The molecule has 0 aliphatic carbocycles. The summed E-state index contributed by atoms with van der Waals surface area (Å²) < 4.78 is 3.21.